The maximum Gasteiger partial charge on any atom is 0.145 e. The SMILES string of the molecule is CCCc1nc(NN)cc(NCCCc2ccccc2)n1. The Balaban J connectivity index is 1.86. The van der Waals surface area contributed by atoms with Gasteiger partial charge in [0.25, 0.3) is 0 Å². The summed E-state index contributed by atoms with van der Waals surface area (Å²) in [6.45, 7) is 2.99. The molecule has 0 spiro atoms. The molecule has 0 unspecified atom stereocenters. The fourth-order valence-corrected chi connectivity index (χ4v) is 2.15. The molecule has 0 aliphatic rings. The number of hydrogen-bond donors (Lipinski definition) is 3. The van der Waals surface area contributed by atoms with E-state index in [1.54, 1.807) is 0 Å². The van der Waals surface area contributed by atoms with Gasteiger partial charge < -0.3 is 10.7 Å². The van der Waals surface area contributed by atoms with E-state index in [2.05, 4.69) is 51.9 Å². The zero-order chi connectivity index (χ0) is 14.9. The summed E-state index contributed by atoms with van der Waals surface area (Å²) >= 11 is 0. The molecule has 0 aliphatic heterocycles. The first-order valence-electron chi connectivity index (χ1n) is 7.44. The van der Waals surface area contributed by atoms with Crippen molar-refractivity contribution in [3.8, 4) is 0 Å². The van der Waals surface area contributed by atoms with E-state index in [-0.39, 0.29) is 0 Å². The largest absolute Gasteiger partial charge is 0.370 e. The van der Waals surface area contributed by atoms with Gasteiger partial charge in [-0.3, -0.25) is 0 Å². The van der Waals surface area contributed by atoms with Crippen LogP contribution in [0.5, 0.6) is 0 Å². The van der Waals surface area contributed by atoms with E-state index < -0.39 is 0 Å². The number of nitrogens with one attached hydrogen (secondary N) is 2. The van der Waals surface area contributed by atoms with Crippen LogP contribution in [0.4, 0.5) is 11.6 Å². The second-order valence-electron chi connectivity index (χ2n) is 4.96. The average molecular weight is 285 g/mol. The molecule has 0 atom stereocenters. The van der Waals surface area contributed by atoms with Gasteiger partial charge >= 0.3 is 0 Å². The molecule has 0 bridgehead atoms. The van der Waals surface area contributed by atoms with Crippen molar-refractivity contribution >= 4 is 11.6 Å². The van der Waals surface area contributed by atoms with Crippen LogP contribution in [0, 0.1) is 0 Å². The molecule has 4 N–H and O–H groups in total. The number of aromatic nitrogens is 2. The number of rotatable bonds is 8. The second kappa shape index (κ2) is 8.21. The Kier molecular flexibility index (Phi) is 5.97. The van der Waals surface area contributed by atoms with Crippen LogP contribution in [0.2, 0.25) is 0 Å². The maximum atomic E-state index is 5.45. The summed E-state index contributed by atoms with van der Waals surface area (Å²) in [7, 11) is 0. The van der Waals surface area contributed by atoms with Crippen LogP contribution in [-0.4, -0.2) is 16.5 Å². The van der Waals surface area contributed by atoms with E-state index >= 15 is 0 Å². The van der Waals surface area contributed by atoms with E-state index in [1.807, 2.05) is 12.1 Å². The summed E-state index contributed by atoms with van der Waals surface area (Å²) in [6, 6.07) is 12.3. The number of hydrazine groups is 1. The average Bonchev–Trinajstić information content (AvgIpc) is 2.53. The maximum absolute atomic E-state index is 5.45. The molecule has 5 heteroatoms. The number of benzene rings is 1. The molecular weight excluding hydrogens is 262 g/mol. The summed E-state index contributed by atoms with van der Waals surface area (Å²) in [5.74, 6) is 7.74. The zero-order valence-corrected chi connectivity index (χ0v) is 12.5. The molecule has 0 saturated carbocycles. The van der Waals surface area contributed by atoms with Gasteiger partial charge in [-0.2, -0.15) is 0 Å². The Labute approximate surface area is 126 Å². The van der Waals surface area contributed by atoms with Crippen LogP contribution in [-0.2, 0) is 12.8 Å². The van der Waals surface area contributed by atoms with E-state index in [0.29, 0.717) is 5.82 Å². The van der Waals surface area contributed by atoms with Crippen LogP contribution in [0.25, 0.3) is 0 Å². The minimum atomic E-state index is 0.652. The number of nitrogens with zero attached hydrogens (tertiary/aromatic N) is 2. The minimum absolute atomic E-state index is 0.652. The molecule has 0 amide bonds. The van der Waals surface area contributed by atoms with Crippen LogP contribution in [0.3, 0.4) is 0 Å². The fourth-order valence-electron chi connectivity index (χ4n) is 2.15. The molecule has 21 heavy (non-hydrogen) atoms. The fraction of sp³-hybridized carbons (Fsp3) is 0.375. The van der Waals surface area contributed by atoms with Crippen molar-refractivity contribution in [2.75, 3.05) is 17.3 Å². The van der Waals surface area contributed by atoms with Crippen molar-refractivity contribution in [2.24, 2.45) is 5.84 Å². The van der Waals surface area contributed by atoms with Gasteiger partial charge in [0, 0.05) is 19.0 Å². The summed E-state index contributed by atoms with van der Waals surface area (Å²) in [5, 5.41) is 3.34. The molecule has 1 aromatic heterocycles. The molecule has 1 heterocycles. The highest BCUT2D eigenvalue weighted by Gasteiger charge is 2.03. The van der Waals surface area contributed by atoms with Gasteiger partial charge in [-0.25, -0.2) is 15.8 Å². The Morgan fingerprint density at radius 3 is 2.52 bits per heavy atom. The van der Waals surface area contributed by atoms with E-state index in [4.69, 9.17) is 5.84 Å². The minimum Gasteiger partial charge on any atom is -0.370 e. The Morgan fingerprint density at radius 2 is 1.81 bits per heavy atom. The van der Waals surface area contributed by atoms with Crippen molar-refractivity contribution in [1.82, 2.24) is 9.97 Å². The number of nitrogens with two attached hydrogens (primary N) is 1. The lowest BCUT2D eigenvalue weighted by atomic mass is 10.1. The predicted molar refractivity (Wildman–Crippen MR) is 87.1 cm³/mol. The van der Waals surface area contributed by atoms with Crippen LogP contribution in [0.15, 0.2) is 36.4 Å². The van der Waals surface area contributed by atoms with Gasteiger partial charge in [0.1, 0.15) is 17.5 Å². The number of aryl methyl sites for hydroxylation is 2. The van der Waals surface area contributed by atoms with Crippen molar-refractivity contribution in [1.29, 1.82) is 0 Å². The molecule has 0 fully saturated rings. The lowest BCUT2D eigenvalue weighted by molar-refractivity contribution is 0.824. The highest BCUT2D eigenvalue weighted by Crippen LogP contribution is 2.12. The summed E-state index contributed by atoms with van der Waals surface area (Å²) in [5.41, 5.74) is 3.95. The monoisotopic (exact) mass is 285 g/mol. The molecule has 2 rings (SSSR count). The topological polar surface area (TPSA) is 75.9 Å². The lowest BCUT2D eigenvalue weighted by Crippen LogP contribution is -2.13. The third kappa shape index (κ3) is 5.04. The molecule has 0 aliphatic carbocycles. The number of nitrogen functional groups attached to an aromatic ring is 1. The van der Waals surface area contributed by atoms with E-state index in [0.717, 1.165) is 43.9 Å². The van der Waals surface area contributed by atoms with Crippen LogP contribution >= 0.6 is 0 Å². The quantitative estimate of drug-likeness (QED) is 0.395. The Morgan fingerprint density at radius 1 is 1.05 bits per heavy atom. The van der Waals surface area contributed by atoms with Crippen molar-refractivity contribution < 1.29 is 0 Å². The van der Waals surface area contributed by atoms with Gasteiger partial charge in [0.15, 0.2) is 0 Å². The molecule has 0 saturated heterocycles. The van der Waals surface area contributed by atoms with Gasteiger partial charge in [-0.1, -0.05) is 37.3 Å². The molecule has 2 aromatic rings. The summed E-state index contributed by atoms with van der Waals surface area (Å²) < 4.78 is 0. The third-order valence-corrected chi connectivity index (χ3v) is 3.19. The summed E-state index contributed by atoms with van der Waals surface area (Å²) in [4.78, 5) is 8.83. The van der Waals surface area contributed by atoms with Gasteiger partial charge in [0.05, 0.1) is 0 Å². The van der Waals surface area contributed by atoms with Crippen molar-refractivity contribution in [2.45, 2.75) is 32.6 Å². The van der Waals surface area contributed by atoms with Crippen molar-refractivity contribution in [3.63, 3.8) is 0 Å². The first-order valence-corrected chi connectivity index (χ1v) is 7.44. The predicted octanol–water partition coefficient (Wildman–Crippen LogP) is 2.76. The first kappa shape index (κ1) is 15.3. The molecule has 1 aromatic carbocycles. The highest BCUT2D eigenvalue weighted by molar-refractivity contribution is 5.46. The summed E-state index contributed by atoms with van der Waals surface area (Å²) in [6.07, 6.45) is 3.99. The molecule has 5 nitrogen and oxygen atoms in total. The lowest BCUT2D eigenvalue weighted by Gasteiger charge is -2.09. The van der Waals surface area contributed by atoms with E-state index in [1.165, 1.54) is 5.56 Å². The number of hydrogen-bond acceptors (Lipinski definition) is 5. The van der Waals surface area contributed by atoms with Gasteiger partial charge in [0.2, 0.25) is 0 Å². The Bertz CT molecular complexity index is 542. The highest BCUT2D eigenvalue weighted by atomic mass is 15.3. The second-order valence-corrected chi connectivity index (χ2v) is 4.96. The standard InChI is InChI=1S/C16H23N5/c1-2-7-14-19-15(12-16(20-14)21-17)18-11-6-10-13-8-4-3-5-9-13/h3-5,8-9,12H,2,6-7,10-11,17H2,1H3,(H2,18,19,20,21). The normalized spacial score (nSPS) is 10.4. The number of anilines is 2. The molecule has 0 radical (unpaired) electrons. The van der Waals surface area contributed by atoms with Crippen LogP contribution < -0.4 is 16.6 Å². The van der Waals surface area contributed by atoms with E-state index in [9.17, 15) is 0 Å². The smallest absolute Gasteiger partial charge is 0.145 e. The Hall–Kier alpha value is -2.14. The van der Waals surface area contributed by atoms with Crippen LogP contribution in [0.1, 0.15) is 31.2 Å². The first-order chi connectivity index (χ1) is 10.3. The van der Waals surface area contributed by atoms with Crippen molar-refractivity contribution in [3.05, 3.63) is 47.8 Å². The van der Waals surface area contributed by atoms with Gasteiger partial charge in [-0.05, 0) is 24.8 Å². The molecular formula is C16H23N5. The zero-order valence-electron chi connectivity index (χ0n) is 12.5. The van der Waals surface area contributed by atoms with Gasteiger partial charge in [-0.15, -0.1) is 0 Å². The molecule has 112 valence electrons. The third-order valence-electron chi connectivity index (χ3n) is 3.19.